The Morgan fingerprint density at radius 2 is 1.70 bits per heavy atom. The zero-order chi connectivity index (χ0) is 15.1. The number of nitrogen functional groups attached to an aromatic ring is 1. The zero-order valence-corrected chi connectivity index (χ0v) is 12.6. The Labute approximate surface area is 119 Å². The average molecular weight is 281 g/mol. The summed E-state index contributed by atoms with van der Waals surface area (Å²) in [6, 6.07) is 0. The molecule has 1 rings (SSSR count). The molecule has 0 saturated carbocycles. The molecule has 0 atom stereocenters. The number of aromatic nitrogens is 2. The second kappa shape index (κ2) is 7.76. The molecule has 0 saturated heterocycles. The van der Waals surface area contributed by atoms with Crippen LogP contribution in [0.3, 0.4) is 0 Å². The summed E-state index contributed by atoms with van der Waals surface area (Å²) in [6.45, 7) is 6.13. The molecule has 0 aromatic carbocycles. The molecule has 3 N–H and O–H groups in total. The Balaban J connectivity index is 3.17. The number of rotatable bonds is 8. The Morgan fingerprint density at radius 3 is 2.15 bits per heavy atom. The predicted octanol–water partition coefficient (Wildman–Crippen LogP) is 0.477. The number of amidine groups is 1. The van der Waals surface area contributed by atoms with Crippen LogP contribution in [0.5, 0.6) is 0 Å². The van der Waals surface area contributed by atoms with E-state index in [1.165, 1.54) is 0 Å². The van der Waals surface area contributed by atoms with Crippen LogP contribution in [0.15, 0.2) is 0 Å². The van der Waals surface area contributed by atoms with Crippen molar-refractivity contribution < 1.29 is 9.47 Å². The molecule has 7 heteroatoms. The molecule has 0 aliphatic carbocycles. The van der Waals surface area contributed by atoms with Gasteiger partial charge in [0.15, 0.2) is 5.82 Å². The first-order valence-corrected chi connectivity index (χ1v) is 6.44. The van der Waals surface area contributed by atoms with Crippen molar-refractivity contribution in [2.75, 3.05) is 45.4 Å². The lowest BCUT2D eigenvalue weighted by Gasteiger charge is -2.25. The molecule has 0 radical (unpaired) electrons. The zero-order valence-electron chi connectivity index (χ0n) is 12.6. The fourth-order valence-electron chi connectivity index (χ4n) is 1.87. The van der Waals surface area contributed by atoms with E-state index >= 15 is 0 Å². The molecule has 0 aliphatic heterocycles. The largest absolute Gasteiger partial charge is 0.384 e. The number of anilines is 1. The highest BCUT2D eigenvalue weighted by Gasteiger charge is 2.19. The molecule has 0 fully saturated rings. The number of nitrogens with one attached hydrogen (secondary N) is 1. The number of hydrogen-bond donors (Lipinski definition) is 2. The Morgan fingerprint density at radius 1 is 1.15 bits per heavy atom. The molecular formula is C13H23N5O2. The van der Waals surface area contributed by atoms with Crippen molar-refractivity contribution in [2.45, 2.75) is 13.8 Å². The summed E-state index contributed by atoms with van der Waals surface area (Å²) in [5.41, 5.74) is 7.99. The van der Waals surface area contributed by atoms with Crippen molar-refractivity contribution in [3.63, 3.8) is 0 Å². The van der Waals surface area contributed by atoms with Crippen molar-refractivity contribution in [3.8, 4) is 0 Å². The van der Waals surface area contributed by atoms with Gasteiger partial charge in [-0.3, -0.25) is 5.41 Å². The third-order valence-corrected chi connectivity index (χ3v) is 3.14. The minimum Gasteiger partial charge on any atom is -0.384 e. The number of nitrogens with two attached hydrogens (primary N) is 1. The van der Waals surface area contributed by atoms with Crippen LogP contribution in [-0.4, -0.2) is 56.6 Å². The van der Waals surface area contributed by atoms with E-state index in [4.69, 9.17) is 20.6 Å². The molecule has 1 aromatic rings. The van der Waals surface area contributed by atoms with Crippen molar-refractivity contribution in [1.82, 2.24) is 10.2 Å². The number of hydrogen-bond acceptors (Lipinski definition) is 6. The maximum Gasteiger partial charge on any atom is 0.162 e. The van der Waals surface area contributed by atoms with E-state index in [0.717, 1.165) is 11.3 Å². The summed E-state index contributed by atoms with van der Waals surface area (Å²) in [5.74, 6) is 0.602. The Kier molecular flexibility index (Phi) is 6.33. The van der Waals surface area contributed by atoms with Gasteiger partial charge in [0.1, 0.15) is 5.84 Å². The van der Waals surface area contributed by atoms with Gasteiger partial charge in [-0.1, -0.05) is 0 Å². The molecule has 20 heavy (non-hydrogen) atoms. The van der Waals surface area contributed by atoms with E-state index in [1.807, 2.05) is 18.7 Å². The third kappa shape index (κ3) is 3.88. The van der Waals surface area contributed by atoms with E-state index in [0.29, 0.717) is 37.7 Å². The van der Waals surface area contributed by atoms with Gasteiger partial charge in [-0.15, -0.1) is 5.10 Å². The highest BCUT2D eigenvalue weighted by molar-refractivity contribution is 6.01. The summed E-state index contributed by atoms with van der Waals surface area (Å²) in [5, 5.41) is 16.1. The van der Waals surface area contributed by atoms with Crippen molar-refractivity contribution >= 4 is 11.7 Å². The van der Waals surface area contributed by atoms with Gasteiger partial charge in [-0.25, -0.2) is 0 Å². The lowest BCUT2D eigenvalue weighted by Crippen LogP contribution is -2.34. The second-order valence-electron chi connectivity index (χ2n) is 4.50. The van der Waals surface area contributed by atoms with Crippen LogP contribution < -0.4 is 10.6 Å². The fraction of sp³-hybridized carbons (Fsp3) is 0.615. The summed E-state index contributed by atoms with van der Waals surface area (Å²) >= 11 is 0. The summed E-state index contributed by atoms with van der Waals surface area (Å²) in [7, 11) is 3.29. The number of nitrogens with zero attached hydrogens (tertiary/aromatic N) is 3. The minimum absolute atomic E-state index is 0.00432. The number of ether oxygens (including phenoxy) is 2. The normalized spacial score (nSPS) is 10.6. The van der Waals surface area contributed by atoms with Gasteiger partial charge in [0.25, 0.3) is 0 Å². The van der Waals surface area contributed by atoms with E-state index in [9.17, 15) is 0 Å². The smallest absolute Gasteiger partial charge is 0.162 e. The topological polar surface area (TPSA) is 97.4 Å². The van der Waals surface area contributed by atoms with Gasteiger partial charge in [0, 0.05) is 27.3 Å². The first kappa shape index (κ1) is 16.3. The number of methoxy groups -OCH3 is 2. The van der Waals surface area contributed by atoms with Gasteiger partial charge in [0.05, 0.1) is 24.5 Å². The van der Waals surface area contributed by atoms with Crippen LogP contribution in [0.1, 0.15) is 16.8 Å². The average Bonchev–Trinajstić information content (AvgIpc) is 2.42. The highest BCUT2D eigenvalue weighted by Crippen LogP contribution is 2.21. The van der Waals surface area contributed by atoms with Crippen molar-refractivity contribution in [3.05, 3.63) is 16.8 Å². The van der Waals surface area contributed by atoms with E-state index in [2.05, 4.69) is 10.2 Å². The summed E-state index contributed by atoms with van der Waals surface area (Å²) < 4.78 is 10.2. The van der Waals surface area contributed by atoms with E-state index < -0.39 is 0 Å². The van der Waals surface area contributed by atoms with Gasteiger partial charge < -0.3 is 20.1 Å². The maximum atomic E-state index is 7.78. The van der Waals surface area contributed by atoms with Crippen molar-refractivity contribution in [2.24, 2.45) is 5.73 Å². The molecule has 7 nitrogen and oxygen atoms in total. The highest BCUT2D eigenvalue weighted by atomic mass is 16.5. The van der Waals surface area contributed by atoms with Gasteiger partial charge in [-0.05, 0) is 19.4 Å². The quantitative estimate of drug-likeness (QED) is 0.531. The molecule has 1 heterocycles. The summed E-state index contributed by atoms with van der Waals surface area (Å²) in [4.78, 5) is 1.98. The number of aryl methyl sites for hydroxylation is 1. The van der Waals surface area contributed by atoms with Crippen LogP contribution >= 0.6 is 0 Å². The van der Waals surface area contributed by atoms with Crippen LogP contribution in [0.2, 0.25) is 0 Å². The first-order chi connectivity index (χ1) is 9.52. The third-order valence-electron chi connectivity index (χ3n) is 3.14. The predicted molar refractivity (Wildman–Crippen MR) is 78.5 cm³/mol. The van der Waals surface area contributed by atoms with Gasteiger partial charge in [-0.2, -0.15) is 5.10 Å². The first-order valence-electron chi connectivity index (χ1n) is 6.44. The molecular weight excluding hydrogens is 258 g/mol. The SMILES string of the molecule is COCCN(CCOC)c1nnc(C)c(C)c1C(=N)N. The Hall–Kier alpha value is -1.73. The molecule has 0 unspecified atom stereocenters. The minimum atomic E-state index is -0.00432. The van der Waals surface area contributed by atoms with Crippen LogP contribution in [-0.2, 0) is 9.47 Å². The van der Waals surface area contributed by atoms with Crippen LogP contribution in [0, 0.1) is 19.3 Å². The molecule has 0 aliphatic rings. The van der Waals surface area contributed by atoms with Gasteiger partial charge in [0.2, 0.25) is 0 Å². The Bertz CT molecular complexity index is 456. The second-order valence-corrected chi connectivity index (χ2v) is 4.50. The van der Waals surface area contributed by atoms with E-state index in [1.54, 1.807) is 14.2 Å². The van der Waals surface area contributed by atoms with Crippen molar-refractivity contribution in [1.29, 1.82) is 5.41 Å². The standard InChI is InChI=1S/C13H23N5O2/c1-9-10(2)16-17-13(11(9)12(14)15)18(5-7-19-3)6-8-20-4/h5-8H2,1-4H3,(H3,14,15). The summed E-state index contributed by atoms with van der Waals surface area (Å²) in [6.07, 6.45) is 0. The molecule has 112 valence electrons. The monoisotopic (exact) mass is 281 g/mol. The van der Waals surface area contributed by atoms with Crippen LogP contribution in [0.25, 0.3) is 0 Å². The van der Waals surface area contributed by atoms with Gasteiger partial charge >= 0.3 is 0 Å². The lowest BCUT2D eigenvalue weighted by molar-refractivity contribution is 0.190. The molecule has 0 amide bonds. The lowest BCUT2D eigenvalue weighted by atomic mass is 10.1. The van der Waals surface area contributed by atoms with E-state index in [-0.39, 0.29) is 5.84 Å². The molecule has 1 aromatic heterocycles. The van der Waals surface area contributed by atoms with Crippen LogP contribution in [0.4, 0.5) is 5.82 Å². The maximum absolute atomic E-state index is 7.78. The molecule has 0 bridgehead atoms. The molecule has 0 spiro atoms. The fourth-order valence-corrected chi connectivity index (χ4v) is 1.87.